The van der Waals surface area contributed by atoms with E-state index in [-0.39, 0.29) is 6.04 Å². The van der Waals surface area contributed by atoms with Crippen molar-refractivity contribution in [3.8, 4) is 6.07 Å². The third-order valence-corrected chi connectivity index (χ3v) is 2.25. The van der Waals surface area contributed by atoms with Crippen molar-refractivity contribution in [2.45, 2.75) is 26.8 Å². The van der Waals surface area contributed by atoms with E-state index in [4.69, 9.17) is 5.26 Å². The first kappa shape index (κ1) is 11.7. The highest BCUT2D eigenvalue weighted by molar-refractivity contribution is 5.28. The molecule has 3 nitrogen and oxygen atoms in total. The van der Waals surface area contributed by atoms with Gasteiger partial charge >= 0.3 is 0 Å². The van der Waals surface area contributed by atoms with Gasteiger partial charge in [-0.2, -0.15) is 5.26 Å². The summed E-state index contributed by atoms with van der Waals surface area (Å²) in [6.45, 7) is 7.08. The van der Waals surface area contributed by atoms with Crippen molar-refractivity contribution in [1.82, 2.24) is 10.3 Å². The molecule has 1 atom stereocenters. The Morgan fingerprint density at radius 1 is 1.53 bits per heavy atom. The van der Waals surface area contributed by atoms with Crippen molar-refractivity contribution >= 4 is 0 Å². The number of hydrogen-bond acceptors (Lipinski definition) is 3. The molecule has 1 heterocycles. The van der Waals surface area contributed by atoms with Gasteiger partial charge in [-0.3, -0.25) is 10.3 Å². The van der Waals surface area contributed by atoms with Crippen molar-refractivity contribution < 1.29 is 0 Å². The number of rotatable bonds is 4. The summed E-state index contributed by atoms with van der Waals surface area (Å²) in [6.07, 6.45) is 3.51. The van der Waals surface area contributed by atoms with Crippen LogP contribution in [0.1, 0.15) is 31.0 Å². The van der Waals surface area contributed by atoms with Gasteiger partial charge in [0.25, 0.3) is 0 Å². The quantitative estimate of drug-likeness (QED) is 0.816. The molecular weight excluding hydrogens is 186 g/mol. The number of hydrogen-bond donors (Lipinski definition) is 1. The normalized spacial score (nSPS) is 12.5. The largest absolute Gasteiger partial charge is 0.298 e. The van der Waals surface area contributed by atoms with Gasteiger partial charge in [0.05, 0.1) is 6.07 Å². The maximum atomic E-state index is 9.08. The van der Waals surface area contributed by atoms with Crippen LogP contribution in [0, 0.1) is 24.2 Å². The molecule has 0 amide bonds. The lowest BCUT2D eigenvalue weighted by molar-refractivity contribution is 0.523. The molecule has 0 saturated carbocycles. The fraction of sp³-hybridized carbons (Fsp3) is 0.500. The molecule has 1 aromatic heterocycles. The molecule has 1 rings (SSSR count). The zero-order chi connectivity index (χ0) is 11.3. The first-order valence-corrected chi connectivity index (χ1v) is 5.18. The van der Waals surface area contributed by atoms with Crippen LogP contribution < -0.4 is 5.32 Å². The second-order valence-corrected chi connectivity index (χ2v) is 4.10. The zero-order valence-corrected chi connectivity index (χ0v) is 9.49. The highest BCUT2D eigenvalue weighted by atomic mass is 14.9. The third kappa shape index (κ3) is 3.34. The van der Waals surface area contributed by atoms with E-state index in [1.54, 1.807) is 12.4 Å². The average Bonchev–Trinajstić information content (AvgIpc) is 2.21. The maximum Gasteiger partial charge on any atom is 0.123 e. The summed E-state index contributed by atoms with van der Waals surface area (Å²) >= 11 is 0. The van der Waals surface area contributed by atoms with Gasteiger partial charge in [0, 0.05) is 18.0 Å². The van der Waals surface area contributed by atoms with E-state index in [0.717, 1.165) is 17.7 Å². The predicted octanol–water partition coefficient (Wildman–Crippen LogP) is 2.20. The lowest BCUT2D eigenvalue weighted by Crippen LogP contribution is -2.25. The standard InChI is InChI=1S/C12H17N3/c1-9(2)7-15-12(6-13)11-8-14-5-4-10(11)3/h4-5,8-9,12,15H,7H2,1-3H3. The minimum Gasteiger partial charge on any atom is -0.298 e. The Bertz CT molecular complexity index is 352. The van der Waals surface area contributed by atoms with E-state index in [1.807, 2.05) is 13.0 Å². The van der Waals surface area contributed by atoms with Crippen molar-refractivity contribution in [3.05, 3.63) is 29.6 Å². The van der Waals surface area contributed by atoms with E-state index in [0.29, 0.717) is 5.92 Å². The molecule has 0 aromatic carbocycles. The first-order chi connectivity index (χ1) is 7.15. The molecule has 0 aliphatic heterocycles. The number of pyridine rings is 1. The van der Waals surface area contributed by atoms with Crippen LogP contribution in [0.15, 0.2) is 18.5 Å². The summed E-state index contributed by atoms with van der Waals surface area (Å²) in [7, 11) is 0. The van der Waals surface area contributed by atoms with Crippen LogP contribution in [0.25, 0.3) is 0 Å². The Hall–Kier alpha value is -1.40. The molecule has 0 saturated heterocycles. The first-order valence-electron chi connectivity index (χ1n) is 5.18. The fourth-order valence-corrected chi connectivity index (χ4v) is 1.36. The summed E-state index contributed by atoms with van der Waals surface area (Å²) < 4.78 is 0. The van der Waals surface area contributed by atoms with E-state index in [9.17, 15) is 0 Å². The Morgan fingerprint density at radius 3 is 2.80 bits per heavy atom. The van der Waals surface area contributed by atoms with E-state index in [2.05, 4.69) is 30.2 Å². The van der Waals surface area contributed by atoms with Gasteiger partial charge in [-0.15, -0.1) is 0 Å². The summed E-state index contributed by atoms with van der Waals surface area (Å²) in [4.78, 5) is 4.05. The average molecular weight is 203 g/mol. The summed E-state index contributed by atoms with van der Waals surface area (Å²) in [5.74, 6) is 0.540. The SMILES string of the molecule is Cc1ccncc1C(C#N)NCC(C)C. The number of aryl methyl sites for hydroxylation is 1. The molecule has 0 fully saturated rings. The Balaban J connectivity index is 2.76. The smallest absolute Gasteiger partial charge is 0.123 e. The highest BCUT2D eigenvalue weighted by Crippen LogP contribution is 2.15. The van der Waals surface area contributed by atoms with Gasteiger partial charge in [-0.05, 0) is 31.0 Å². The minimum atomic E-state index is -0.249. The Morgan fingerprint density at radius 2 is 2.27 bits per heavy atom. The fourth-order valence-electron chi connectivity index (χ4n) is 1.36. The van der Waals surface area contributed by atoms with Crippen LogP contribution in [0.4, 0.5) is 0 Å². The number of nitrogens with zero attached hydrogens (tertiary/aromatic N) is 2. The lowest BCUT2D eigenvalue weighted by atomic mass is 10.0. The van der Waals surface area contributed by atoms with Crippen LogP contribution in [-0.4, -0.2) is 11.5 Å². The van der Waals surface area contributed by atoms with Gasteiger partial charge in [0.1, 0.15) is 6.04 Å². The minimum absolute atomic E-state index is 0.249. The van der Waals surface area contributed by atoms with Crippen LogP contribution in [0.2, 0.25) is 0 Å². The second-order valence-electron chi connectivity index (χ2n) is 4.10. The van der Waals surface area contributed by atoms with Crippen LogP contribution in [0.3, 0.4) is 0 Å². The van der Waals surface area contributed by atoms with Gasteiger partial charge in [0.2, 0.25) is 0 Å². The molecule has 3 heteroatoms. The zero-order valence-electron chi connectivity index (χ0n) is 9.49. The lowest BCUT2D eigenvalue weighted by Gasteiger charge is -2.14. The molecule has 1 aromatic rings. The van der Waals surface area contributed by atoms with Gasteiger partial charge in [-0.25, -0.2) is 0 Å². The molecule has 0 aliphatic carbocycles. The van der Waals surface area contributed by atoms with Gasteiger partial charge in [-0.1, -0.05) is 13.8 Å². The topological polar surface area (TPSA) is 48.7 Å². The second kappa shape index (κ2) is 5.47. The molecule has 80 valence electrons. The Kier molecular flexibility index (Phi) is 4.26. The predicted molar refractivity (Wildman–Crippen MR) is 60.2 cm³/mol. The van der Waals surface area contributed by atoms with Crippen LogP contribution in [0.5, 0.6) is 0 Å². The van der Waals surface area contributed by atoms with Crippen molar-refractivity contribution in [2.24, 2.45) is 5.92 Å². The molecule has 0 aliphatic rings. The molecule has 1 unspecified atom stereocenters. The number of nitrogens with one attached hydrogen (secondary N) is 1. The van der Waals surface area contributed by atoms with Gasteiger partial charge < -0.3 is 0 Å². The number of nitriles is 1. The highest BCUT2D eigenvalue weighted by Gasteiger charge is 2.12. The Labute approximate surface area is 91.1 Å². The van der Waals surface area contributed by atoms with Crippen molar-refractivity contribution in [3.63, 3.8) is 0 Å². The van der Waals surface area contributed by atoms with Crippen LogP contribution in [-0.2, 0) is 0 Å². The van der Waals surface area contributed by atoms with Crippen molar-refractivity contribution in [1.29, 1.82) is 5.26 Å². The molecular formula is C12H17N3. The third-order valence-electron chi connectivity index (χ3n) is 2.25. The molecule has 0 spiro atoms. The van der Waals surface area contributed by atoms with Crippen molar-refractivity contribution in [2.75, 3.05) is 6.54 Å². The van der Waals surface area contributed by atoms with E-state index < -0.39 is 0 Å². The van der Waals surface area contributed by atoms with Crippen LogP contribution >= 0.6 is 0 Å². The maximum absolute atomic E-state index is 9.08. The summed E-state index contributed by atoms with van der Waals surface area (Å²) in [5.41, 5.74) is 2.08. The summed E-state index contributed by atoms with van der Waals surface area (Å²) in [6, 6.07) is 3.94. The molecule has 0 bridgehead atoms. The summed E-state index contributed by atoms with van der Waals surface area (Å²) in [5, 5.41) is 12.3. The van der Waals surface area contributed by atoms with E-state index >= 15 is 0 Å². The monoisotopic (exact) mass is 203 g/mol. The van der Waals surface area contributed by atoms with Gasteiger partial charge in [0.15, 0.2) is 0 Å². The number of aromatic nitrogens is 1. The molecule has 1 N–H and O–H groups in total. The molecule has 0 radical (unpaired) electrons. The van der Waals surface area contributed by atoms with E-state index in [1.165, 1.54) is 0 Å². The molecule has 15 heavy (non-hydrogen) atoms.